The van der Waals surface area contributed by atoms with Gasteiger partial charge in [0.2, 0.25) is 0 Å². The molecule has 0 saturated carbocycles. The molecular weight excluding hydrogens is 286 g/mol. The van der Waals surface area contributed by atoms with Crippen molar-refractivity contribution in [3.63, 3.8) is 0 Å². The third-order valence-electron chi connectivity index (χ3n) is 2.43. The van der Waals surface area contributed by atoms with Gasteiger partial charge >= 0.3 is 0 Å². The van der Waals surface area contributed by atoms with Crippen molar-refractivity contribution in [3.8, 4) is 5.75 Å². The number of halogens is 1. The van der Waals surface area contributed by atoms with Crippen LogP contribution in [0.4, 0.5) is 11.4 Å². The molecule has 0 atom stereocenters. The Hall–Kier alpha value is -2.67. The molecule has 1 amide bonds. The van der Waals surface area contributed by atoms with Crippen LogP contribution in [0.1, 0.15) is 10.4 Å². The normalized spacial score (nSPS) is 10.1. The number of aromatic nitrogens is 1. The Kier molecular flexibility index (Phi) is 3.81. The van der Waals surface area contributed by atoms with Crippen LogP contribution < -0.4 is 5.32 Å². The van der Waals surface area contributed by atoms with Crippen LogP contribution in [-0.4, -0.2) is 20.9 Å². The Balaban J connectivity index is 2.32. The molecule has 1 heterocycles. The van der Waals surface area contributed by atoms with E-state index in [-0.39, 0.29) is 27.8 Å². The maximum atomic E-state index is 12.0. The van der Waals surface area contributed by atoms with E-state index >= 15 is 0 Å². The first kappa shape index (κ1) is 13.8. The number of nitro groups is 1. The number of phenolic OH excluding ortho intramolecular Hbond substituents is 1. The molecule has 0 aliphatic carbocycles. The minimum atomic E-state index is -0.701. The number of hydrogen-bond donors (Lipinski definition) is 2. The van der Waals surface area contributed by atoms with E-state index in [2.05, 4.69) is 10.3 Å². The average molecular weight is 294 g/mol. The van der Waals surface area contributed by atoms with Crippen molar-refractivity contribution in [1.29, 1.82) is 0 Å². The number of nitrogens with one attached hydrogen (secondary N) is 1. The summed E-state index contributed by atoms with van der Waals surface area (Å²) in [5, 5.41) is 22.4. The second kappa shape index (κ2) is 5.54. The maximum Gasteiger partial charge on any atom is 0.288 e. The second-order valence-electron chi connectivity index (χ2n) is 3.76. The minimum absolute atomic E-state index is 0.129. The van der Waals surface area contributed by atoms with Gasteiger partial charge in [0, 0.05) is 6.07 Å². The molecule has 0 aliphatic rings. The molecule has 8 heteroatoms. The number of anilines is 1. The van der Waals surface area contributed by atoms with Gasteiger partial charge in [0.05, 0.1) is 16.2 Å². The van der Waals surface area contributed by atoms with Crippen LogP contribution in [0.15, 0.2) is 36.5 Å². The fraction of sp³-hybridized carbons (Fsp3) is 0. The number of carbonyl (C=O) groups excluding carboxylic acids is 1. The molecule has 0 saturated heterocycles. The molecule has 0 spiro atoms. The van der Waals surface area contributed by atoms with Gasteiger partial charge < -0.3 is 10.4 Å². The topological polar surface area (TPSA) is 105 Å². The van der Waals surface area contributed by atoms with Gasteiger partial charge in [0.1, 0.15) is 17.1 Å². The Labute approximate surface area is 118 Å². The van der Waals surface area contributed by atoms with E-state index in [4.69, 9.17) is 11.6 Å². The maximum absolute atomic E-state index is 12.0. The largest absolute Gasteiger partial charge is 0.506 e. The van der Waals surface area contributed by atoms with Gasteiger partial charge in [0.25, 0.3) is 11.6 Å². The van der Waals surface area contributed by atoms with Crippen LogP contribution >= 0.6 is 11.6 Å². The zero-order chi connectivity index (χ0) is 14.7. The summed E-state index contributed by atoms with van der Waals surface area (Å²) in [6.45, 7) is 0. The van der Waals surface area contributed by atoms with E-state index in [0.29, 0.717) is 0 Å². The van der Waals surface area contributed by atoms with Gasteiger partial charge in [-0.1, -0.05) is 23.7 Å². The zero-order valence-electron chi connectivity index (χ0n) is 9.91. The first-order valence-corrected chi connectivity index (χ1v) is 5.76. The van der Waals surface area contributed by atoms with Crippen LogP contribution in [-0.2, 0) is 0 Å². The third kappa shape index (κ3) is 2.83. The van der Waals surface area contributed by atoms with Crippen molar-refractivity contribution in [2.45, 2.75) is 0 Å². The number of rotatable bonds is 3. The summed E-state index contributed by atoms with van der Waals surface area (Å²) in [6, 6.07) is 7.09. The molecule has 0 bridgehead atoms. The molecule has 0 radical (unpaired) electrons. The lowest BCUT2D eigenvalue weighted by atomic mass is 10.2. The molecule has 2 aromatic rings. The fourth-order valence-corrected chi connectivity index (χ4v) is 1.65. The quantitative estimate of drug-likeness (QED) is 0.391. The standard InChI is InChI=1S/C12H8ClN3O4/c13-11-8(5-7(6-14-11)16(19)20)12(18)15-9-3-1-2-4-10(9)17/h1-6,17H,(H,15,18). The lowest BCUT2D eigenvalue weighted by molar-refractivity contribution is -0.385. The number of hydrogen-bond acceptors (Lipinski definition) is 5. The van der Waals surface area contributed by atoms with E-state index in [1.807, 2.05) is 0 Å². The highest BCUT2D eigenvalue weighted by Gasteiger charge is 2.18. The first-order valence-electron chi connectivity index (χ1n) is 5.38. The highest BCUT2D eigenvalue weighted by atomic mass is 35.5. The average Bonchev–Trinajstić information content (AvgIpc) is 2.41. The van der Waals surface area contributed by atoms with Gasteiger partial charge in [0.15, 0.2) is 0 Å². The van der Waals surface area contributed by atoms with Gasteiger partial charge in [-0.15, -0.1) is 0 Å². The number of pyridine rings is 1. The number of para-hydroxylation sites is 2. The van der Waals surface area contributed by atoms with E-state index < -0.39 is 10.8 Å². The van der Waals surface area contributed by atoms with Crippen molar-refractivity contribution in [3.05, 3.63) is 57.4 Å². The van der Waals surface area contributed by atoms with Crippen molar-refractivity contribution in [1.82, 2.24) is 4.98 Å². The monoisotopic (exact) mass is 293 g/mol. The molecule has 0 aliphatic heterocycles. The highest BCUT2D eigenvalue weighted by molar-refractivity contribution is 6.33. The first-order chi connectivity index (χ1) is 9.49. The summed E-state index contributed by atoms with van der Waals surface area (Å²) in [7, 11) is 0. The molecule has 2 rings (SSSR count). The van der Waals surface area contributed by atoms with E-state index in [9.17, 15) is 20.0 Å². The number of benzene rings is 1. The summed E-state index contributed by atoms with van der Waals surface area (Å²) in [6.07, 6.45) is 0.957. The zero-order valence-corrected chi connectivity index (χ0v) is 10.7. The number of aromatic hydroxyl groups is 1. The van der Waals surface area contributed by atoms with Gasteiger partial charge in [-0.25, -0.2) is 4.98 Å². The van der Waals surface area contributed by atoms with Crippen LogP contribution in [0.5, 0.6) is 5.75 Å². The summed E-state index contributed by atoms with van der Waals surface area (Å²) >= 11 is 5.74. The lowest BCUT2D eigenvalue weighted by Gasteiger charge is -2.07. The Morgan fingerprint density at radius 3 is 2.75 bits per heavy atom. The summed E-state index contributed by atoms with van der Waals surface area (Å²) in [5.74, 6) is -0.830. The van der Waals surface area contributed by atoms with Crippen molar-refractivity contribution in [2.24, 2.45) is 0 Å². The lowest BCUT2D eigenvalue weighted by Crippen LogP contribution is -2.13. The number of carbonyl (C=O) groups is 1. The summed E-state index contributed by atoms with van der Waals surface area (Å²) in [4.78, 5) is 25.5. The second-order valence-corrected chi connectivity index (χ2v) is 4.12. The Morgan fingerprint density at radius 1 is 1.40 bits per heavy atom. The molecule has 0 unspecified atom stereocenters. The van der Waals surface area contributed by atoms with Crippen molar-refractivity contribution in [2.75, 3.05) is 5.32 Å². The SMILES string of the molecule is O=C(Nc1ccccc1O)c1cc([N+](=O)[O-])cnc1Cl. The fourth-order valence-electron chi connectivity index (χ4n) is 1.47. The number of amides is 1. The molecule has 0 fully saturated rings. The predicted molar refractivity (Wildman–Crippen MR) is 72.0 cm³/mol. The molecular formula is C12H8ClN3O4. The Morgan fingerprint density at radius 2 is 2.10 bits per heavy atom. The molecule has 20 heavy (non-hydrogen) atoms. The number of nitrogens with zero attached hydrogens (tertiary/aromatic N) is 2. The summed E-state index contributed by atoms with van der Waals surface area (Å²) in [5.41, 5.74) is -0.332. The highest BCUT2D eigenvalue weighted by Crippen LogP contribution is 2.24. The van der Waals surface area contributed by atoms with Crippen LogP contribution in [0, 0.1) is 10.1 Å². The van der Waals surface area contributed by atoms with Gasteiger partial charge in [-0.3, -0.25) is 14.9 Å². The summed E-state index contributed by atoms with van der Waals surface area (Å²) < 4.78 is 0. The predicted octanol–water partition coefficient (Wildman–Crippen LogP) is 2.60. The number of phenols is 1. The van der Waals surface area contributed by atoms with Crippen LogP contribution in [0.2, 0.25) is 5.15 Å². The van der Waals surface area contributed by atoms with E-state index in [0.717, 1.165) is 12.3 Å². The van der Waals surface area contributed by atoms with Crippen molar-refractivity contribution >= 4 is 28.9 Å². The molecule has 2 N–H and O–H groups in total. The van der Waals surface area contributed by atoms with Crippen LogP contribution in [0.3, 0.4) is 0 Å². The Bertz CT molecular complexity index is 690. The van der Waals surface area contributed by atoms with Gasteiger partial charge in [-0.2, -0.15) is 0 Å². The minimum Gasteiger partial charge on any atom is -0.506 e. The molecule has 102 valence electrons. The van der Waals surface area contributed by atoms with E-state index in [1.165, 1.54) is 12.1 Å². The smallest absolute Gasteiger partial charge is 0.288 e. The molecule has 1 aromatic carbocycles. The molecule has 1 aromatic heterocycles. The molecule has 7 nitrogen and oxygen atoms in total. The van der Waals surface area contributed by atoms with Crippen LogP contribution in [0.25, 0.3) is 0 Å². The third-order valence-corrected chi connectivity index (χ3v) is 2.73. The van der Waals surface area contributed by atoms with E-state index in [1.54, 1.807) is 12.1 Å². The van der Waals surface area contributed by atoms with Crippen molar-refractivity contribution < 1.29 is 14.8 Å². The van der Waals surface area contributed by atoms with Gasteiger partial charge in [-0.05, 0) is 12.1 Å².